The minimum Gasteiger partial charge on any atom is -0.441 e. The second-order valence-electron chi connectivity index (χ2n) is 8.98. The molecule has 1 saturated heterocycles. The second-order valence-corrected chi connectivity index (χ2v) is 8.98. The van der Waals surface area contributed by atoms with E-state index in [1.165, 1.54) is 5.56 Å². The van der Waals surface area contributed by atoms with E-state index in [4.69, 9.17) is 8.94 Å². The number of oxazole rings is 1. The topological polar surface area (TPSA) is 88.5 Å². The monoisotopic (exact) mass is 471 g/mol. The van der Waals surface area contributed by atoms with Crippen molar-refractivity contribution in [2.75, 3.05) is 26.2 Å². The van der Waals surface area contributed by atoms with Crippen LogP contribution in [0.5, 0.6) is 0 Å². The van der Waals surface area contributed by atoms with Gasteiger partial charge in [0.2, 0.25) is 23.5 Å². The van der Waals surface area contributed by atoms with Crippen molar-refractivity contribution in [3.05, 3.63) is 77.5 Å². The molecule has 0 saturated carbocycles. The van der Waals surface area contributed by atoms with Gasteiger partial charge in [0.05, 0.1) is 18.2 Å². The molecule has 180 valence electrons. The molecule has 2 aromatic heterocycles. The lowest BCUT2D eigenvalue weighted by Crippen LogP contribution is -2.49. The average Bonchev–Trinajstić information content (AvgIpc) is 3.52. The Kier molecular flexibility index (Phi) is 6.46. The zero-order valence-corrected chi connectivity index (χ0v) is 20.3. The van der Waals surface area contributed by atoms with Crippen LogP contribution in [0.3, 0.4) is 0 Å². The standard InChI is InChI=1S/C27H29N5O3/c1-18-9-11-21(12-10-18)25-29-26(35-30-25)19(2)31-13-15-32(16-14-31)24(33)17-23-20(3)34-27(28-23)22-7-5-4-6-8-22/h4-12,19H,13-17H2,1-3H3. The van der Waals surface area contributed by atoms with E-state index in [9.17, 15) is 4.79 Å². The molecule has 2 aromatic carbocycles. The van der Waals surface area contributed by atoms with Crippen LogP contribution in [0.4, 0.5) is 0 Å². The van der Waals surface area contributed by atoms with Gasteiger partial charge in [0.1, 0.15) is 5.76 Å². The molecule has 35 heavy (non-hydrogen) atoms. The lowest BCUT2D eigenvalue weighted by molar-refractivity contribution is -0.132. The van der Waals surface area contributed by atoms with Crippen LogP contribution in [0, 0.1) is 13.8 Å². The lowest BCUT2D eigenvalue weighted by atomic mass is 10.1. The first-order chi connectivity index (χ1) is 17.0. The molecular formula is C27H29N5O3. The molecule has 5 rings (SSSR count). The Hall–Kier alpha value is -3.78. The van der Waals surface area contributed by atoms with Gasteiger partial charge in [-0.05, 0) is 32.9 Å². The summed E-state index contributed by atoms with van der Waals surface area (Å²) < 4.78 is 11.4. The number of aromatic nitrogens is 3. The van der Waals surface area contributed by atoms with Crippen LogP contribution in [-0.4, -0.2) is 57.0 Å². The van der Waals surface area contributed by atoms with E-state index in [1.54, 1.807) is 0 Å². The zero-order chi connectivity index (χ0) is 24.4. The van der Waals surface area contributed by atoms with E-state index in [1.807, 2.05) is 73.3 Å². The van der Waals surface area contributed by atoms with Gasteiger partial charge in [0, 0.05) is 37.3 Å². The molecule has 3 heterocycles. The van der Waals surface area contributed by atoms with Crippen LogP contribution >= 0.6 is 0 Å². The third kappa shape index (κ3) is 5.02. The van der Waals surface area contributed by atoms with Gasteiger partial charge in [-0.2, -0.15) is 4.98 Å². The van der Waals surface area contributed by atoms with Crippen molar-refractivity contribution in [3.63, 3.8) is 0 Å². The molecular weight excluding hydrogens is 442 g/mol. The van der Waals surface area contributed by atoms with Gasteiger partial charge in [-0.3, -0.25) is 9.69 Å². The maximum Gasteiger partial charge on any atom is 0.244 e. The van der Waals surface area contributed by atoms with Gasteiger partial charge in [0.25, 0.3) is 0 Å². The normalized spacial score (nSPS) is 15.3. The number of piperazine rings is 1. The van der Waals surface area contributed by atoms with Gasteiger partial charge in [-0.15, -0.1) is 0 Å². The van der Waals surface area contributed by atoms with Crippen LogP contribution in [0.1, 0.15) is 35.9 Å². The smallest absolute Gasteiger partial charge is 0.244 e. The number of hydrogen-bond donors (Lipinski definition) is 0. The number of benzene rings is 2. The Bertz CT molecular complexity index is 1290. The third-order valence-corrected chi connectivity index (χ3v) is 6.56. The first-order valence-corrected chi connectivity index (χ1v) is 11.9. The molecule has 0 aliphatic carbocycles. The summed E-state index contributed by atoms with van der Waals surface area (Å²) >= 11 is 0. The number of carbonyl (C=O) groups is 1. The minimum atomic E-state index is -0.0230. The van der Waals surface area contributed by atoms with E-state index < -0.39 is 0 Å². The predicted molar refractivity (Wildman–Crippen MR) is 131 cm³/mol. The van der Waals surface area contributed by atoms with Crippen molar-refractivity contribution >= 4 is 5.91 Å². The van der Waals surface area contributed by atoms with Crippen molar-refractivity contribution in [2.45, 2.75) is 33.2 Å². The molecule has 1 fully saturated rings. The SMILES string of the molecule is Cc1ccc(-c2noc(C(C)N3CCN(C(=O)Cc4nc(-c5ccccc5)oc4C)CC3)n2)cc1. The summed E-state index contributed by atoms with van der Waals surface area (Å²) in [6, 6.07) is 17.8. The number of hydrogen-bond acceptors (Lipinski definition) is 7. The largest absolute Gasteiger partial charge is 0.441 e. The minimum absolute atomic E-state index is 0.0230. The van der Waals surface area contributed by atoms with E-state index >= 15 is 0 Å². The first-order valence-electron chi connectivity index (χ1n) is 11.9. The molecule has 8 heteroatoms. The van der Waals surface area contributed by atoms with E-state index in [2.05, 4.69) is 26.9 Å². The molecule has 1 aliphatic heterocycles. The van der Waals surface area contributed by atoms with Gasteiger partial charge >= 0.3 is 0 Å². The van der Waals surface area contributed by atoms with Crippen LogP contribution in [-0.2, 0) is 11.2 Å². The molecule has 4 aromatic rings. The Labute approximate surface area is 204 Å². The van der Waals surface area contributed by atoms with E-state index in [-0.39, 0.29) is 18.4 Å². The number of aryl methyl sites for hydroxylation is 2. The van der Waals surface area contributed by atoms with Gasteiger partial charge < -0.3 is 13.8 Å². The first kappa shape index (κ1) is 23.0. The van der Waals surface area contributed by atoms with Crippen molar-refractivity contribution in [1.29, 1.82) is 0 Å². The van der Waals surface area contributed by atoms with Crippen LogP contribution in [0.15, 0.2) is 63.5 Å². The number of carbonyl (C=O) groups excluding carboxylic acids is 1. The highest BCUT2D eigenvalue weighted by atomic mass is 16.5. The van der Waals surface area contributed by atoms with Gasteiger partial charge in [-0.1, -0.05) is 53.2 Å². The number of nitrogens with zero attached hydrogens (tertiary/aromatic N) is 5. The van der Waals surface area contributed by atoms with Crippen molar-refractivity contribution in [1.82, 2.24) is 24.9 Å². The zero-order valence-electron chi connectivity index (χ0n) is 20.3. The average molecular weight is 472 g/mol. The maximum absolute atomic E-state index is 13.0. The Balaban J connectivity index is 1.17. The fraction of sp³-hybridized carbons (Fsp3) is 0.333. The maximum atomic E-state index is 13.0. The van der Waals surface area contributed by atoms with Crippen molar-refractivity contribution < 1.29 is 13.7 Å². The Morgan fingerprint density at radius 2 is 1.66 bits per heavy atom. The van der Waals surface area contributed by atoms with E-state index in [0.29, 0.717) is 42.1 Å². The number of amides is 1. The molecule has 1 atom stereocenters. The third-order valence-electron chi connectivity index (χ3n) is 6.56. The van der Waals surface area contributed by atoms with Crippen molar-refractivity contribution in [2.24, 2.45) is 0 Å². The Morgan fingerprint density at radius 3 is 2.37 bits per heavy atom. The summed E-state index contributed by atoms with van der Waals surface area (Å²) in [6.45, 7) is 8.73. The summed E-state index contributed by atoms with van der Waals surface area (Å²) in [7, 11) is 0. The molecule has 1 amide bonds. The van der Waals surface area contributed by atoms with E-state index in [0.717, 1.165) is 24.2 Å². The molecule has 1 unspecified atom stereocenters. The Morgan fingerprint density at radius 1 is 0.943 bits per heavy atom. The lowest BCUT2D eigenvalue weighted by Gasteiger charge is -2.36. The summed E-state index contributed by atoms with van der Waals surface area (Å²) in [6.07, 6.45) is 0.237. The fourth-order valence-corrected chi connectivity index (χ4v) is 4.29. The summed E-state index contributed by atoms with van der Waals surface area (Å²) in [5.74, 6) is 2.48. The van der Waals surface area contributed by atoms with Crippen molar-refractivity contribution in [3.8, 4) is 22.8 Å². The van der Waals surface area contributed by atoms with Crippen LogP contribution in [0.25, 0.3) is 22.8 Å². The molecule has 8 nitrogen and oxygen atoms in total. The molecule has 0 N–H and O–H groups in total. The molecule has 0 radical (unpaired) electrons. The number of rotatable bonds is 6. The highest BCUT2D eigenvalue weighted by Crippen LogP contribution is 2.25. The van der Waals surface area contributed by atoms with Gasteiger partial charge in [0.15, 0.2) is 0 Å². The highest BCUT2D eigenvalue weighted by Gasteiger charge is 2.28. The summed E-state index contributed by atoms with van der Waals surface area (Å²) in [5.41, 5.74) is 3.72. The van der Waals surface area contributed by atoms with Gasteiger partial charge in [-0.25, -0.2) is 4.98 Å². The second kappa shape index (κ2) is 9.84. The fourth-order valence-electron chi connectivity index (χ4n) is 4.29. The highest BCUT2D eigenvalue weighted by molar-refractivity contribution is 5.78. The summed E-state index contributed by atoms with van der Waals surface area (Å²) in [4.78, 5) is 26.3. The van der Waals surface area contributed by atoms with Crippen LogP contribution in [0.2, 0.25) is 0 Å². The quantitative estimate of drug-likeness (QED) is 0.410. The van der Waals surface area contributed by atoms with Crippen LogP contribution < -0.4 is 0 Å². The molecule has 0 spiro atoms. The summed E-state index contributed by atoms with van der Waals surface area (Å²) in [5, 5.41) is 4.16. The molecule has 1 aliphatic rings. The molecule has 0 bridgehead atoms. The predicted octanol–water partition coefficient (Wildman–Crippen LogP) is 4.46.